The number of nitrogens with one attached hydrogen (secondary N) is 2. The molecule has 3 rings (SSSR count). The molecule has 2 heterocycles. The van der Waals surface area contributed by atoms with Crippen LogP contribution in [0, 0.1) is 0 Å². The Bertz CT molecular complexity index is 430. The van der Waals surface area contributed by atoms with Gasteiger partial charge in [0.15, 0.2) is 5.96 Å². The van der Waals surface area contributed by atoms with Gasteiger partial charge in [0.05, 0.1) is 0 Å². The Morgan fingerprint density at radius 3 is 2.95 bits per heavy atom. The Morgan fingerprint density at radius 1 is 1.45 bits per heavy atom. The zero-order valence-electron chi connectivity index (χ0n) is 11.8. The summed E-state index contributed by atoms with van der Waals surface area (Å²) in [5.74, 6) is 0.925. The number of rotatable bonds is 4. The molecule has 112 valence electrons. The van der Waals surface area contributed by atoms with Crippen LogP contribution in [0.4, 0.5) is 0 Å². The molecule has 1 aliphatic heterocycles. The van der Waals surface area contributed by atoms with Gasteiger partial charge in [-0.1, -0.05) is 0 Å². The zero-order chi connectivity index (χ0) is 13.1. The Kier molecular flexibility index (Phi) is 6.10. The molecule has 1 aromatic rings. The average Bonchev–Trinajstić information content (AvgIpc) is 2.96. The molecule has 2 fully saturated rings. The van der Waals surface area contributed by atoms with E-state index in [-0.39, 0.29) is 24.0 Å². The van der Waals surface area contributed by atoms with Crippen molar-refractivity contribution in [3.63, 3.8) is 0 Å². The van der Waals surface area contributed by atoms with Gasteiger partial charge in [-0.2, -0.15) is 11.3 Å². The summed E-state index contributed by atoms with van der Waals surface area (Å²) in [5, 5.41) is 11.2. The molecular weight excluding hydrogens is 383 g/mol. The molecule has 0 aromatic carbocycles. The molecule has 1 atom stereocenters. The van der Waals surface area contributed by atoms with Gasteiger partial charge in [-0.05, 0) is 41.7 Å². The third-order valence-electron chi connectivity index (χ3n) is 3.89. The predicted molar refractivity (Wildman–Crippen MR) is 96.1 cm³/mol. The van der Waals surface area contributed by atoms with Crippen molar-refractivity contribution in [2.75, 3.05) is 20.1 Å². The fourth-order valence-electron chi connectivity index (χ4n) is 2.64. The lowest BCUT2D eigenvalue weighted by Gasteiger charge is -2.18. The molecule has 0 spiro atoms. The van der Waals surface area contributed by atoms with E-state index in [9.17, 15) is 0 Å². The first kappa shape index (κ1) is 16.0. The molecule has 2 aliphatic rings. The van der Waals surface area contributed by atoms with Gasteiger partial charge in [0.2, 0.25) is 0 Å². The van der Waals surface area contributed by atoms with Crippen molar-refractivity contribution in [1.82, 2.24) is 15.5 Å². The zero-order valence-corrected chi connectivity index (χ0v) is 15.0. The molecule has 1 aromatic heterocycles. The number of likely N-dealkylation sites (tertiary alicyclic amines) is 1. The van der Waals surface area contributed by atoms with E-state index in [1.54, 1.807) is 11.3 Å². The highest BCUT2D eigenvalue weighted by molar-refractivity contribution is 14.0. The van der Waals surface area contributed by atoms with Crippen LogP contribution in [0.2, 0.25) is 0 Å². The van der Waals surface area contributed by atoms with Crippen LogP contribution in [-0.2, 0) is 6.54 Å². The minimum Gasteiger partial charge on any atom is -0.352 e. The fraction of sp³-hybridized carbons (Fsp3) is 0.643. The maximum Gasteiger partial charge on any atom is 0.191 e. The number of guanidine groups is 1. The lowest BCUT2D eigenvalue weighted by Crippen LogP contribution is -2.44. The summed E-state index contributed by atoms with van der Waals surface area (Å²) in [6.45, 7) is 3.26. The topological polar surface area (TPSA) is 39.7 Å². The SMILES string of the molecule is CN=C(NCc1ccsc1)NC1CCN(C2CC2)C1.I. The van der Waals surface area contributed by atoms with Crippen LogP contribution in [0.3, 0.4) is 0 Å². The van der Waals surface area contributed by atoms with Gasteiger partial charge in [-0.3, -0.25) is 9.89 Å². The molecule has 0 radical (unpaired) electrons. The lowest BCUT2D eigenvalue weighted by atomic mass is 10.3. The first-order chi connectivity index (χ1) is 9.35. The summed E-state index contributed by atoms with van der Waals surface area (Å²) in [7, 11) is 1.84. The van der Waals surface area contributed by atoms with E-state index >= 15 is 0 Å². The van der Waals surface area contributed by atoms with Gasteiger partial charge in [-0.25, -0.2) is 0 Å². The molecule has 2 N–H and O–H groups in total. The number of hydrogen-bond acceptors (Lipinski definition) is 3. The largest absolute Gasteiger partial charge is 0.352 e. The number of hydrogen-bond donors (Lipinski definition) is 2. The molecule has 1 unspecified atom stereocenters. The molecule has 1 saturated carbocycles. The second-order valence-corrected chi connectivity index (χ2v) is 6.19. The van der Waals surface area contributed by atoms with Crippen LogP contribution < -0.4 is 10.6 Å². The molecule has 4 nitrogen and oxygen atoms in total. The van der Waals surface area contributed by atoms with Crippen LogP contribution in [-0.4, -0.2) is 43.1 Å². The number of nitrogens with zero attached hydrogens (tertiary/aromatic N) is 2. The van der Waals surface area contributed by atoms with E-state index in [4.69, 9.17) is 0 Å². The molecule has 1 aliphatic carbocycles. The van der Waals surface area contributed by atoms with Gasteiger partial charge in [-0.15, -0.1) is 24.0 Å². The second kappa shape index (κ2) is 7.61. The van der Waals surface area contributed by atoms with Crippen LogP contribution >= 0.6 is 35.3 Å². The Labute approximate surface area is 142 Å². The van der Waals surface area contributed by atoms with Crippen LogP contribution in [0.25, 0.3) is 0 Å². The van der Waals surface area contributed by atoms with Crippen LogP contribution in [0.1, 0.15) is 24.8 Å². The third kappa shape index (κ3) is 4.33. The van der Waals surface area contributed by atoms with E-state index in [0.29, 0.717) is 6.04 Å². The monoisotopic (exact) mass is 406 g/mol. The minimum absolute atomic E-state index is 0. The van der Waals surface area contributed by atoms with Gasteiger partial charge in [0.25, 0.3) is 0 Å². The summed E-state index contributed by atoms with van der Waals surface area (Å²) in [6.07, 6.45) is 4.03. The van der Waals surface area contributed by atoms with Crippen LogP contribution in [0.15, 0.2) is 21.8 Å². The van der Waals surface area contributed by atoms with Crippen molar-refractivity contribution >= 4 is 41.3 Å². The Hall–Kier alpha value is -0.340. The van der Waals surface area contributed by atoms with Gasteiger partial charge < -0.3 is 10.6 Å². The second-order valence-electron chi connectivity index (χ2n) is 5.41. The van der Waals surface area contributed by atoms with Gasteiger partial charge in [0.1, 0.15) is 0 Å². The van der Waals surface area contributed by atoms with Crippen molar-refractivity contribution in [3.05, 3.63) is 22.4 Å². The van der Waals surface area contributed by atoms with Crippen molar-refractivity contribution < 1.29 is 0 Å². The molecule has 6 heteroatoms. The summed E-state index contributed by atoms with van der Waals surface area (Å²) < 4.78 is 0. The first-order valence-corrected chi connectivity index (χ1v) is 8.02. The highest BCUT2D eigenvalue weighted by Gasteiger charge is 2.34. The van der Waals surface area contributed by atoms with E-state index in [2.05, 4.69) is 37.4 Å². The normalized spacial score (nSPS) is 23.4. The lowest BCUT2D eigenvalue weighted by molar-refractivity contribution is 0.321. The van der Waals surface area contributed by atoms with Gasteiger partial charge >= 0.3 is 0 Å². The maximum atomic E-state index is 4.32. The minimum atomic E-state index is 0. The van der Waals surface area contributed by atoms with E-state index in [0.717, 1.165) is 18.5 Å². The fourth-order valence-corrected chi connectivity index (χ4v) is 3.31. The molecule has 0 bridgehead atoms. The quantitative estimate of drug-likeness (QED) is 0.458. The molecule has 1 saturated heterocycles. The van der Waals surface area contributed by atoms with Gasteiger partial charge in [0, 0.05) is 38.8 Å². The summed E-state index contributed by atoms with van der Waals surface area (Å²) in [6, 6.07) is 3.58. The van der Waals surface area contributed by atoms with Crippen molar-refractivity contribution in [2.24, 2.45) is 4.99 Å². The van der Waals surface area contributed by atoms with Crippen LogP contribution in [0.5, 0.6) is 0 Å². The summed E-state index contributed by atoms with van der Waals surface area (Å²) in [4.78, 5) is 6.93. The summed E-state index contributed by atoms with van der Waals surface area (Å²) >= 11 is 1.74. The standard InChI is InChI=1S/C14H22N4S.HI/c1-15-14(16-8-11-5-7-19-10-11)17-12-4-6-18(9-12)13-2-3-13;/h5,7,10,12-13H,2-4,6,8-9H2,1H3,(H2,15,16,17);1H. The van der Waals surface area contributed by atoms with E-state index < -0.39 is 0 Å². The number of thiophene rings is 1. The smallest absolute Gasteiger partial charge is 0.191 e. The highest BCUT2D eigenvalue weighted by Crippen LogP contribution is 2.29. The maximum absolute atomic E-state index is 4.32. The Balaban J connectivity index is 0.00000147. The summed E-state index contributed by atoms with van der Waals surface area (Å²) in [5.41, 5.74) is 1.32. The van der Waals surface area contributed by atoms with Crippen molar-refractivity contribution in [2.45, 2.75) is 37.9 Å². The number of halogens is 1. The molecular formula is C14H23IN4S. The number of aliphatic imine (C=N–C) groups is 1. The van der Waals surface area contributed by atoms with E-state index in [1.165, 1.54) is 37.9 Å². The molecule has 20 heavy (non-hydrogen) atoms. The average molecular weight is 406 g/mol. The first-order valence-electron chi connectivity index (χ1n) is 7.07. The van der Waals surface area contributed by atoms with Crippen molar-refractivity contribution in [3.8, 4) is 0 Å². The molecule has 0 amide bonds. The Morgan fingerprint density at radius 2 is 2.30 bits per heavy atom. The third-order valence-corrected chi connectivity index (χ3v) is 4.62. The van der Waals surface area contributed by atoms with E-state index in [1.807, 2.05) is 7.05 Å². The van der Waals surface area contributed by atoms with Crippen molar-refractivity contribution in [1.29, 1.82) is 0 Å². The highest BCUT2D eigenvalue weighted by atomic mass is 127. The predicted octanol–water partition coefficient (Wildman–Crippen LogP) is 2.27.